The molecule has 1 N–H and O–H groups in total. The summed E-state index contributed by atoms with van der Waals surface area (Å²) < 4.78 is 1.14. The van der Waals surface area contributed by atoms with Crippen LogP contribution in [0.3, 0.4) is 0 Å². The normalized spacial score (nSPS) is 13.1. The number of aromatic nitrogens is 1. The number of hydrogen-bond donors (Lipinski definition) is 1. The van der Waals surface area contributed by atoms with E-state index in [2.05, 4.69) is 4.98 Å². The lowest BCUT2D eigenvalue weighted by Gasteiger charge is -2.22. The van der Waals surface area contributed by atoms with E-state index in [1.165, 1.54) is 0 Å². The third-order valence-electron chi connectivity index (χ3n) is 2.95. The average Bonchev–Trinajstić information content (AvgIpc) is 2.71. The molecule has 0 spiro atoms. The highest BCUT2D eigenvalue weighted by atomic mass is 32.1. The zero-order valence-electron chi connectivity index (χ0n) is 10.5. The van der Waals surface area contributed by atoms with Gasteiger partial charge in [-0.1, -0.05) is 6.92 Å². The first-order chi connectivity index (χ1) is 8.61. The molecule has 0 unspecified atom stereocenters. The van der Waals surface area contributed by atoms with Gasteiger partial charge in [0.15, 0.2) is 0 Å². The van der Waals surface area contributed by atoms with Crippen LogP contribution in [0, 0.1) is 0 Å². The number of thiophene rings is 1. The van der Waals surface area contributed by atoms with Crippen molar-refractivity contribution >= 4 is 27.5 Å². The van der Waals surface area contributed by atoms with Crippen LogP contribution in [-0.4, -0.2) is 34.0 Å². The molecule has 0 saturated heterocycles. The molecule has 0 amide bonds. The number of aliphatic carboxylic acids is 1. The lowest BCUT2D eigenvalue weighted by Crippen LogP contribution is -2.37. The molecule has 0 radical (unpaired) electrons. The van der Waals surface area contributed by atoms with Crippen molar-refractivity contribution in [3.63, 3.8) is 0 Å². The molecule has 4 nitrogen and oxygen atoms in total. The van der Waals surface area contributed by atoms with Crippen LogP contribution in [-0.2, 0) is 11.3 Å². The lowest BCUT2D eigenvalue weighted by atomic mass is 10.2. The first-order valence-electron chi connectivity index (χ1n) is 5.88. The number of carboxylic acid groups (broad SMARTS) is 1. The van der Waals surface area contributed by atoms with Crippen LogP contribution in [0.1, 0.15) is 18.2 Å². The summed E-state index contributed by atoms with van der Waals surface area (Å²) in [6, 6.07) is 5.55. The standard InChI is InChI=1S/C13H16N2O2S/c1-3-11(13(16)17)15(2)8-9-7-10-12(18-9)5-4-6-14-10/h4-7,11H,3,8H2,1-2H3,(H,16,17)/t11-/m1/s1. The Hall–Kier alpha value is -1.46. The summed E-state index contributed by atoms with van der Waals surface area (Å²) in [5.41, 5.74) is 0.981. The summed E-state index contributed by atoms with van der Waals surface area (Å²) in [5.74, 6) is -0.765. The highest BCUT2D eigenvalue weighted by molar-refractivity contribution is 7.19. The van der Waals surface area contributed by atoms with Gasteiger partial charge in [0.2, 0.25) is 0 Å². The molecule has 0 fully saturated rings. The van der Waals surface area contributed by atoms with Crippen LogP contribution < -0.4 is 0 Å². The monoisotopic (exact) mass is 264 g/mol. The van der Waals surface area contributed by atoms with E-state index in [4.69, 9.17) is 5.11 Å². The highest BCUT2D eigenvalue weighted by Gasteiger charge is 2.20. The summed E-state index contributed by atoms with van der Waals surface area (Å²) in [7, 11) is 1.85. The van der Waals surface area contributed by atoms with Gasteiger partial charge in [0.25, 0.3) is 0 Å². The van der Waals surface area contributed by atoms with Crippen molar-refractivity contribution in [1.82, 2.24) is 9.88 Å². The number of carbonyl (C=O) groups is 1. The zero-order valence-corrected chi connectivity index (χ0v) is 11.3. The summed E-state index contributed by atoms with van der Waals surface area (Å²) in [6.45, 7) is 2.54. The van der Waals surface area contributed by atoms with Gasteiger partial charge in [-0.2, -0.15) is 0 Å². The smallest absolute Gasteiger partial charge is 0.320 e. The van der Waals surface area contributed by atoms with Crippen molar-refractivity contribution in [1.29, 1.82) is 0 Å². The Balaban J connectivity index is 2.15. The number of likely N-dealkylation sites (N-methyl/N-ethyl adjacent to an activating group) is 1. The summed E-state index contributed by atoms with van der Waals surface area (Å²) in [5, 5.41) is 9.11. The van der Waals surface area contributed by atoms with Crippen LogP contribution >= 0.6 is 11.3 Å². The molecule has 2 aromatic rings. The van der Waals surface area contributed by atoms with Crippen LogP contribution in [0.25, 0.3) is 10.2 Å². The van der Waals surface area contributed by atoms with Crippen molar-refractivity contribution in [3.8, 4) is 0 Å². The van der Waals surface area contributed by atoms with Crippen LogP contribution in [0.15, 0.2) is 24.4 Å². The zero-order chi connectivity index (χ0) is 13.1. The molecule has 0 aliphatic rings. The minimum absolute atomic E-state index is 0.428. The van der Waals surface area contributed by atoms with Crippen molar-refractivity contribution < 1.29 is 9.90 Å². The van der Waals surface area contributed by atoms with Crippen molar-refractivity contribution in [2.45, 2.75) is 25.9 Å². The van der Waals surface area contributed by atoms with Gasteiger partial charge in [0.1, 0.15) is 6.04 Å². The molecule has 0 aliphatic carbocycles. The molecule has 5 heteroatoms. The van der Waals surface area contributed by atoms with E-state index in [1.807, 2.05) is 37.1 Å². The van der Waals surface area contributed by atoms with Gasteiger partial charge in [-0.15, -0.1) is 11.3 Å². The maximum atomic E-state index is 11.1. The third kappa shape index (κ3) is 2.68. The quantitative estimate of drug-likeness (QED) is 0.902. The third-order valence-corrected chi connectivity index (χ3v) is 4.02. The van der Waals surface area contributed by atoms with Gasteiger partial charge in [0, 0.05) is 17.6 Å². The number of nitrogens with zero attached hydrogens (tertiary/aromatic N) is 2. The number of rotatable bonds is 5. The van der Waals surface area contributed by atoms with E-state index >= 15 is 0 Å². The first kappa shape index (κ1) is 13.0. The van der Waals surface area contributed by atoms with E-state index in [1.54, 1.807) is 17.5 Å². The molecular formula is C13H16N2O2S. The second-order valence-electron chi connectivity index (χ2n) is 4.28. The van der Waals surface area contributed by atoms with Crippen molar-refractivity contribution in [2.24, 2.45) is 0 Å². The average molecular weight is 264 g/mol. The molecule has 0 aliphatic heterocycles. The van der Waals surface area contributed by atoms with E-state index in [0.29, 0.717) is 13.0 Å². The molecule has 0 saturated carbocycles. The molecule has 0 bridgehead atoms. The SMILES string of the molecule is CC[C@H](C(=O)O)N(C)Cc1cc2ncccc2s1. The fraction of sp³-hybridized carbons (Fsp3) is 0.385. The van der Waals surface area contributed by atoms with Crippen LogP contribution in [0.2, 0.25) is 0 Å². The fourth-order valence-corrected chi connectivity index (χ4v) is 3.11. The Labute approximate surface area is 110 Å². The van der Waals surface area contributed by atoms with E-state index < -0.39 is 12.0 Å². The second kappa shape index (κ2) is 5.46. The molecule has 1 atom stereocenters. The van der Waals surface area contributed by atoms with Crippen LogP contribution in [0.4, 0.5) is 0 Å². The Bertz CT molecular complexity index is 520. The van der Waals surface area contributed by atoms with Crippen molar-refractivity contribution in [2.75, 3.05) is 7.05 Å². The van der Waals surface area contributed by atoms with Gasteiger partial charge >= 0.3 is 5.97 Å². The number of pyridine rings is 1. The molecule has 18 heavy (non-hydrogen) atoms. The Morgan fingerprint density at radius 2 is 2.39 bits per heavy atom. The van der Waals surface area contributed by atoms with E-state index in [9.17, 15) is 4.79 Å². The maximum absolute atomic E-state index is 11.1. The minimum Gasteiger partial charge on any atom is -0.480 e. The Kier molecular flexibility index (Phi) is 3.93. The number of hydrogen-bond acceptors (Lipinski definition) is 4. The lowest BCUT2D eigenvalue weighted by molar-refractivity contribution is -0.143. The molecule has 0 aromatic carbocycles. The largest absolute Gasteiger partial charge is 0.480 e. The Morgan fingerprint density at radius 3 is 3.00 bits per heavy atom. The van der Waals surface area contributed by atoms with Gasteiger partial charge in [-0.3, -0.25) is 14.7 Å². The van der Waals surface area contributed by atoms with E-state index in [-0.39, 0.29) is 0 Å². The maximum Gasteiger partial charge on any atom is 0.320 e. The minimum atomic E-state index is -0.765. The molecule has 2 rings (SSSR count). The molecule has 2 aromatic heterocycles. The molecule has 96 valence electrons. The van der Waals surface area contributed by atoms with Gasteiger partial charge in [-0.05, 0) is 31.7 Å². The predicted octanol–water partition coefficient (Wildman–Crippen LogP) is 2.59. The number of fused-ring (bicyclic) bond motifs is 1. The van der Waals surface area contributed by atoms with Crippen molar-refractivity contribution in [3.05, 3.63) is 29.3 Å². The predicted molar refractivity (Wildman–Crippen MR) is 72.8 cm³/mol. The fourth-order valence-electron chi connectivity index (χ4n) is 2.03. The van der Waals surface area contributed by atoms with E-state index in [0.717, 1.165) is 15.1 Å². The summed E-state index contributed by atoms with van der Waals surface area (Å²) >= 11 is 1.67. The highest BCUT2D eigenvalue weighted by Crippen LogP contribution is 2.25. The summed E-state index contributed by atoms with van der Waals surface area (Å²) in [4.78, 5) is 18.4. The molecule has 2 heterocycles. The first-order valence-corrected chi connectivity index (χ1v) is 6.70. The van der Waals surface area contributed by atoms with Gasteiger partial charge in [-0.25, -0.2) is 0 Å². The van der Waals surface area contributed by atoms with Crippen LogP contribution in [0.5, 0.6) is 0 Å². The van der Waals surface area contributed by atoms with Gasteiger partial charge in [0.05, 0.1) is 10.2 Å². The molecular weight excluding hydrogens is 248 g/mol. The van der Waals surface area contributed by atoms with Gasteiger partial charge < -0.3 is 5.11 Å². The number of carboxylic acids is 1. The Morgan fingerprint density at radius 1 is 1.61 bits per heavy atom. The topological polar surface area (TPSA) is 53.4 Å². The summed E-state index contributed by atoms with van der Waals surface area (Å²) in [6.07, 6.45) is 2.38. The second-order valence-corrected chi connectivity index (χ2v) is 5.45.